The van der Waals surface area contributed by atoms with Crippen molar-refractivity contribution < 1.29 is 9.59 Å². The lowest BCUT2D eigenvalue weighted by Crippen LogP contribution is -2.42. The topological polar surface area (TPSA) is 101 Å². The fourth-order valence-electron chi connectivity index (χ4n) is 0.744. The van der Waals surface area contributed by atoms with Crippen molar-refractivity contribution in [3.05, 3.63) is 0 Å². The summed E-state index contributed by atoms with van der Waals surface area (Å²) in [6, 6.07) is -0.867. The third kappa shape index (κ3) is 7.16. The Morgan fingerprint density at radius 2 is 1.92 bits per heavy atom. The normalized spacial score (nSPS) is 9.69. The van der Waals surface area contributed by atoms with Crippen LogP contribution in [-0.4, -0.2) is 42.0 Å². The summed E-state index contributed by atoms with van der Waals surface area (Å²) < 4.78 is 0. The van der Waals surface area contributed by atoms with Crippen LogP contribution in [0.15, 0.2) is 0 Å². The van der Waals surface area contributed by atoms with E-state index in [1.807, 2.05) is 5.32 Å². The molecule has 0 fully saturated rings. The van der Waals surface area contributed by atoms with Crippen LogP contribution in [0.1, 0.15) is 0 Å². The SMILES string of the molecule is CN(CC(=O)NC(N)=O)CC(N)=S. The number of likely N-dealkylation sites (N-methyl/N-ethyl adjacent to an activating group) is 1. The summed E-state index contributed by atoms with van der Waals surface area (Å²) >= 11 is 4.63. The van der Waals surface area contributed by atoms with E-state index < -0.39 is 11.9 Å². The molecule has 0 aromatic heterocycles. The Hall–Kier alpha value is -1.21. The largest absolute Gasteiger partial charge is 0.392 e. The Morgan fingerprint density at radius 3 is 2.31 bits per heavy atom. The van der Waals surface area contributed by atoms with Gasteiger partial charge in [0.15, 0.2) is 0 Å². The van der Waals surface area contributed by atoms with Crippen LogP contribution in [0, 0.1) is 0 Å². The fourth-order valence-corrected chi connectivity index (χ4v) is 0.964. The Labute approximate surface area is 81.2 Å². The molecule has 0 unspecified atom stereocenters. The minimum atomic E-state index is -0.867. The summed E-state index contributed by atoms with van der Waals surface area (Å²) in [5.74, 6) is -0.480. The minimum absolute atomic E-state index is 0.0281. The molecule has 13 heavy (non-hydrogen) atoms. The van der Waals surface area contributed by atoms with E-state index in [2.05, 4.69) is 12.2 Å². The Bertz CT molecular complexity index is 231. The summed E-state index contributed by atoms with van der Waals surface area (Å²) in [6.07, 6.45) is 0. The highest BCUT2D eigenvalue weighted by Crippen LogP contribution is 1.81. The molecule has 0 saturated heterocycles. The first kappa shape index (κ1) is 11.8. The molecule has 7 heteroatoms. The van der Waals surface area contributed by atoms with E-state index in [1.54, 1.807) is 11.9 Å². The number of hydrogen-bond donors (Lipinski definition) is 3. The van der Waals surface area contributed by atoms with Crippen molar-refractivity contribution in [2.24, 2.45) is 11.5 Å². The van der Waals surface area contributed by atoms with Crippen LogP contribution in [0.4, 0.5) is 4.79 Å². The molecule has 74 valence electrons. The van der Waals surface area contributed by atoms with Crippen LogP contribution >= 0.6 is 12.2 Å². The molecular weight excluding hydrogens is 192 g/mol. The van der Waals surface area contributed by atoms with Gasteiger partial charge in [-0.3, -0.25) is 15.0 Å². The standard InChI is InChI=1S/C6H12N4O2S/c1-10(2-4(7)13)3-5(11)9-6(8)12/h2-3H2,1H3,(H2,7,13)(H3,8,9,11,12). The smallest absolute Gasteiger partial charge is 0.318 e. The van der Waals surface area contributed by atoms with Crippen molar-refractivity contribution in [2.45, 2.75) is 0 Å². The number of nitrogens with zero attached hydrogens (tertiary/aromatic N) is 1. The second-order valence-electron chi connectivity index (χ2n) is 2.55. The molecule has 6 nitrogen and oxygen atoms in total. The van der Waals surface area contributed by atoms with Gasteiger partial charge in [0, 0.05) is 6.54 Å². The van der Waals surface area contributed by atoms with Gasteiger partial charge < -0.3 is 11.5 Å². The zero-order valence-corrected chi connectivity index (χ0v) is 8.06. The molecule has 0 saturated carbocycles. The average molecular weight is 204 g/mol. The third-order valence-corrected chi connectivity index (χ3v) is 1.23. The maximum atomic E-state index is 10.9. The van der Waals surface area contributed by atoms with Gasteiger partial charge in [-0.05, 0) is 7.05 Å². The summed E-state index contributed by atoms with van der Waals surface area (Å²) in [5.41, 5.74) is 9.97. The van der Waals surface area contributed by atoms with Crippen molar-refractivity contribution in [1.82, 2.24) is 10.2 Å². The number of hydrogen-bond acceptors (Lipinski definition) is 4. The maximum Gasteiger partial charge on any atom is 0.318 e. The molecule has 0 heterocycles. The highest BCUT2D eigenvalue weighted by atomic mass is 32.1. The van der Waals surface area contributed by atoms with Gasteiger partial charge in [0.25, 0.3) is 0 Å². The number of primary amides is 1. The van der Waals surface area contributed by atoms with Gasteiger partial charge >= 0.3 is 6.03 Å². The molecule has 0 aliphatic rings. The lowest BCUT2D eigenvalue weighted by Gasteiger charge is -2.13. The Balaban J connectivity index is 3.78. The van der Waals surface area contributed by atoms with Crippen LogP contribution in [0.25, 0.3) is 0 Å². The number of nitrogens with one attached hydrogen (secondary N) is 1. The molecule has 0 rings (SSSR count). The Morgan fingerprint density at radius 1 is 1.38 bits per heavy atom. The number of urea groups is 1. The van der Waals surface area contributed by atoms with Crippen molar-refractivity contribution in [3.63, 3.8) is 0 Å². The van der Waals surface area contributed by atoms with Crippen LogP contribution in [-0.2, 0) is 4.79 Å². The predicted molar refractivity (Wildman–Crippen MR) is 52.0 cm³/mol. The van der Waals surface area contributed by atoms with Gasteiger partial charge in [-0.2, -0.15) is 0 Å². The van der Waals surface area contributed by atoms with Crippen molar-refractivity contribution in [1.29, 1.82) is 0 Å². The van der Waals surface area contributed by atoms with E-state index in [1.165, 1.54) is 0 Å². The van der Waals surface area contributed by atoms with Gasteiger partial charge in [-0.25, -0.2) is 4.79 Å². The molecular formula is C6H12N4O2S. The van der Waals surface area contributed by atoms with E-state index in [4.69, 9.17) is 11.5 Å². The first-order valence-corrected chi connectivity index (χ1v) is 3.88. The number of carbonyl (C=O) groups is 2. The quantitative estimate of drug-likeness (QED) is 0.479. The number of imide groups is 1. The van der Waals surface area contributed by atoms with Crippen molar-refractivity contribution in [2.75, 3.05) is 20.1 Å². The zero-order chi connectivity index (χ0) is 10.4. The van der Waals surface area contributed by atoms with E-state index in [9.17, 15) is 9.59 Å². The monoisotopic (exact) mass is 204 g/mol. The van der Waals surface area contributed by atoms with Gasteiger partial charge in [0.2, 0.25) is 5.91 Å². The van der Waals surface area contributed by atoms with Crippen LogP contribution in [0.3, 0.4) is 0 Å². The van der Waals surface area contributed by atoms with Crippen LogP contribution in [0.5, 0.6) is 0 Å². The lowest BCUT2D eigenvalue weighted by atomic mass is 10.5. The van der Waals surface area contributed by atoms with Gasteiger partial charge in [-0.1, -0.05) is 12.2 Å². The molecule has 0 aliphatic carbocycles. The van der Waals surface area contributed by atoms with Crippen LogP contribution < -0.4 is 16.8 Å². The molecule has 0 aliphatic heterocycles. The summed E-state index contributed by atoms with van der Waals surface area (Å²) in [7, 11) is 1.65. The molecule has 0 bridgehead atoms. The predicted octanol–water partition coefficient (Wildman–Crippen LogP) is -1.60. The zero-order valence-electron chi connectivity index (χ0n) is 7.24. The van der Waals surface area contributed by atoms with Crippen molar-refractivity contribution in [3.8, 4) is 0 Å². The van der Waals surface area contributed by atoms with Gasteiger partial charge in [-0.15, -0.1) is 0 Å². The van der Waals surface area contributed by atoms with Gasteiger partial charge in [0.1, 0.15) is 0 Å². The van der Waals surface area contributed by atoms with E-state index in [-0.39, 0.29) is 11.5 Å². The second kappa shape index (κ2) is 5.44. The van der Waals surface area contributed by atoms with E-state index in [0.717, 1.165) is 0 Å². The third-order valence-electron chi connectivity index (χ3n) is 1.10. The lowest BCUT2D eigenvalue weighted by molar-refractivity contribution is -0.120. The molecule has 0 aromatic rings. The molecule has 3 amide bonds. The molecule has 0 spiro atoms. The number of carbonyl (C=O) groups excluding carboxylic acids is 2. The van der Waals surface area contributed by atoms with Crippen LogP contribution in [0.2, 0.25) is 0 Å². The molecule has 0 radical (unpaired) electrons. The maximum absolute atomic E-state index is 10.9. The van der Waals surface area contributed by atoms with Gasteiger partial charge in [0.05, 0.1) is 11.5 Å². The molecule has 0 aromatic carbocycles. The number of rotatable bonds is 4. The Kier molecular flexibility index (Phi) is 4.93. The van der Waals surface area contributed by atoms with E-state index >= 15 is 0 Å². The highest BCUT2D eigenvalue weighted by Gasteiger charge is 2.08. The highest BCUT2D eigenvalue weighted by molar-refractivity contribution is 7.80. The molecule has 5 N–H and O–H groups in total. The fraction of sp³-hybridized carbons (Fsp3) is 0.500. The summed E-state index contributed by atoms with van der Waals surface area (Å²) in [5, 5.41) is 1.92. The summed E-state index contributed by atoms with van der Waals surface area (Å²) in [6.45, 7) is 0.349. The summed E-state index contributed by atoms with van der Waals surface area (Å²) in [4.78, 5) is 23.0. The van der Waals surface area contributed by atoms with Crippen molar-refractivity contribution >= 4 is 29.1 Å². The minimum Gasteiger partial charge on any atom is -0.392 e. The number of nitrogens with two attached hydrogens (primary N) is 2. The van der Waals surface area contributed by atoms with E-state index in [0.29, 0.717) is 6.54 Å². The molecule has 0 atom stereocenters. The first-order chi connectivity index (χ1) is 5.91. The second-order valence-corrected chi connectivity index (χ2v) is 3.08. The number of amides is 3. The average Bonchev–Trinajstić information content (AvgIpc) is 1.80. The first-order valence-electron chi connectivity index (χ1n) is 3.48. The number of thiocarbonyl (C=S) groups is 1.